The maximum absolute atomic E-state index is 15.1. The number of urea groups is 1. The first-order chi connectivity index (χ1) is 16.7. The van der Waals surface area contributed by atoms with Gasteiger partial charge >= 0.3 is 6.03 Å². The molecule has 4 fully saturated rings. The Morgan fingerprint density at radius 1 is 1.09 bits per heavy atom. The van der Waals surface area contributed by atoms with E-state index < -0.39 is 18.4 Å². The van der Waals surface area contributed by atoms with Crippen LogP contribution in [0.4, 0.5) is 13.6 Å². The molecule has 2 aliphatic heterocycles. The molecule has 1 aromatic rings. The summed E-state index contributed by atoms with van der Waals surface area (Å²) < 4.78 is 33.8. The minimum atomic E-state index is -1.02. The summed E-state index contributed by atoms with van der Waals surface area (Å²) >= 11 is 0. The van der Waals surface area contributed by atoms with Gasteiger partial charge in [-0.25, -0.2) is 13.6 Å². The van der Waals surface area contributed by atoms with E-state index in [9.17, 15) is 9.18 Å². The lowest BCUT2D eigenvalue weighted by molar-refractivity contribution is 0.0264. The van der Waals surface area contributed by atoms with Gasteiger partial charge in [0.2, 0.25) is 5.89 Å². The molecular weight excluding hydrogens is 454 g/mol. The van der Waals surface area contributed by atoms with E-state index in [1.807, 2.05) is 0 Å². The SMILES string of the molecule is CC(C)N1CCN(C2CCC[C@H](F)C2NC(=O)N2CCC(C)(c3noc([C@@H]4C[C@@H]4F)n3)CC2)CC1. The second-order valence-corrected chi connectivity index (χ2v) is 11.5. The van der Waals surface area contributed by atoms with E-state index in [-0.39, 0.29) is 23.4 Å². The lowest BCUT2D eigenvalue weighted by Gasteiger charge is -2.46. The number of hydrogen-bond acceptors (Lipinski definition) is 6. The molecule has 196 valence electrons. The first-order valence-electron chi connectivity index (χ1n) is 13.4. The largest absolute Gasteiger partial charge is 0.339 e. The minimum absolute atomic E-state index is 0.0478. The van der Waals surface area contributed by atoms with Crippen LogP contribution in [0, 0.1) is 0 Å². The summed E-state index contributed by atoms with van der Waals surface area (Å²) in [4.78, 5) is 24.3. The van der Waals surface area contributed by atoms with Crippen molar-refractivity contribution in [1.82, 2.24) is 30.2 Å². The van der Waals surface area contributed by atoms with Crippen LogP contribution < -0.4 is 5.32 Å². The molecular formula is C25H40F2N6O2. The van der Waals surface area contributed by atoms with Gasteiger partial charge in [0.15, 0.2) is 5.82 Å². The second kappa shape index (κ2) is 9.92. The Kier molecular flexibility index (Phi) is 7.05. The van der Waals surface area contributed by atoms with Crippen LogP contribution in [0.25, 0.3) is 0 Å². The van der Waals surface area contributed by atoms with E-state index in [1.165, 1.54) is 0 Å². The molecule has 0 bridgehead atoms. The summed E-state index contributed by atoms with van der Waals surface area (Å²) in [7, 11) is 0. The van der Waals surface area contributed by atoms with Crippen LogP contribution in [0.5, 0.6) is 0 Å². The average Bonchev–Trinajstić information content (AvgIpc) is 3.36. The summed E-state index contributed by atoms with van der Waals surface area (Å²) in [5.41, 5.74) is -0.314. The van der Waals surface area contributed by atoms with Crippen molar-refractivity contribution >= 4 is 6.03 Å². The molecule has 8 nitrogen and oxygen atoms in total. The third-order valence-electron chi connectivity index (χ3n) is 8.79. The zero-order valence-corrected chi connectivity index (χ0v) is 21.3. The van der Waals surface area contributed by atoms with E-state index in [4.69, 9.17) is 4.52 Å². The Labute approximate surface area is 206 Å². The van der Waals surface area contributed by atoms with Crippen molar-refractivity contribution in [2.75, 3.05) is 39.3 Å². The summed E-state index contributed by atoms with van der Waals surface area (Å²) in [6, 6.07) is -0.0840. The molecule has 2 aliphatic carbocycles. The summed E-state index contributed by atoms with van der Waals surface area (Å²) in [5.74, 6) is 0.736. The number of aromatic nitrogens is 2. The predicted octanol–water partition coefficient (Wildman–Crippen LogP) is 3.24. The van der Waals surface area contributed by atoms with Gasteiger partial charge in [-0.2, -0.15) is 4.98 Å². The molecule has 1 N–H and O–H groups in total. The first-order valence-corrected chi connectivity index (χ1v) is 13.4. The highest BCUT2D eigenvalue weighted by molar-refractivity contribution is 5.75. The molecule has 0 spiro atoms. The van der Waals surface area contributed by atoms with Crippen molar-refractivity contribution in [3.8, 4) is 0 Å². The van der Waals surface area contributed by atoms with Gasteiger partial charge in [-0.05, 0) is 52.4 Å². The van der Waals surface area contributed by atoms with Gasteiger partial charge in [0.1, 0.15) is 12.3 Å². The van der Waals surface area contributed by atoms with Crippen LogP contribution in [-0.2, 0) is 5.41 Å². The van der Waals surface area contributed by atoms with Gasteiger partial charge < -0.3 is 14.7 Å². The van der Waals surface area contributed by atoms with Crippen molar-refractivity contribution in [3.05, 3.63) is 11.7 Å². The number of amides is 2. The van der Waals surface area contributed by atoms with Crippen molar-refractivity contribution in [1.29, 1.82) is 0 Å². The summed E-state index contributed by atoms with van der Waals surface area (Å²) in [5, 5.41) is 7.21. The van der Waals surface area contributed by atoms with E-state index in [0.29, 0.717) is 56.5 Å². The van der Waals surface area contributed by atoms with Gasteiger partial charge in [0, 0.05) is 56.8 Å². The van der Waals surface area contributed by atoms with Crippen molar-refractivity contribution in [2.45, 2.75) is 101 Å². The van der Waals surface area contributed by atoms with Crippen molar-refractivity contribution in [3.63, 3.8) is 0 Å². The molecule has 2 amide bonds. The number of likely N-dealkylation sites (tertiary alicyclic amines) is 1. The minimum Gasteiger partial charge on any atom is -0.339 e. The topological polar surface area (TPSA) is 77.7 Å². The Balaban J connectivity index is 1.17. The second-order valence-electron chi connectivity index (χ2n) is 11.5. The number of carbonyl (C=O) groups excluding carboxylic acids is 1. The Hall–Kier alpha value is -1.81. The van der Waals surface area contributed by atoms with E-state index in [1.54, 1.807) is 4.90 Å². The third kappa shape index (κ3) is 5.19. The summed E-state index contributed by atoms with van der Waals surface area (Å²) in [6.07, 6.45) is 2.23. The molecule has 0 aromatic carbocycles. The maximum atomic E-state index is 15.1. The molecule has 5 atom stereocenters. The predicted molar refractivity (Wildman–Crippen MR) is 128 cm³/mol. The van der Waals surface area contributed by atoms with Crippen LogP contribution in [0.15, 0.2) is 4.52 Å². The number of halogens is 2. The highest BCUT2D eigenvalue weighted by Gasteiger charge is 2.46. The van der Waals surface area contributed by atoms with Crippen LogP contribution >= 0.6 is 0 Å². The number of alkyl halides is 2. The highest BCUT2D eigenvalue weighted by Crippen LogP contribution is 2.43. The van der Waals surface area contributed by atoms with E-state index in [2.05, 4.69) is 46.0 Å². The van der Waals surface area contributed by atoms with Crippen molar-refractivity contribution in [2.24, 2.45) is 0 Å². The molecule has 2 saturated carbocycles. The molecule has 3 heterocycles. The normalized spacial score (nSPS) is 34.2. The fourth-order valence-corrected chi connectivity index (χ4v) is 6.02. The number of carbonyl (C=O) groups is 1. The van der Waals surface area contributed by atoms with E-state index in [0.717, 1.165) is 39.0 Å². The maximum Gasteiger partial charge on any atom is 0.317 e. The number of nitrogens with one attached hydrogen (secondary N) is 1. The van der Waals surface area contributed by atoms with Gasteiger partial charge in [-0.15, -0.1) is 0 Å². The molecule has 10 heteroatoms. The molecule has 35 heavy (non-hydrogen) atoms. The fraction of sp³-hybridized carbons (Fsp3) is 0.880. The average molecular weight is 495 g/mol. The number of hydrogen-bond donors (Lipinski definition) is 1. The number of piperidine rings is 1. The Morgan fingerprint density at radius 3 is 2.40 bits per heavy atom. The molecule has 0 radical (unpaired) electrons. The van der Waals surface area contributed by atoms with Gasteiger partial charge in [0.25, 0.3) is 0 Å². The molecule has 4 aliphatic rings. The van der Waals surface area contributed by atoms with Gasteiger partial charge in [-0.3, -0.25) is 9.80 Å². The lowest BCUT2D eigenvalue weighted by atomic mass is 9.79. The fourth-order valence-electron chi connectivity index (χ4n) is 6.02. The Bertz CT molecular complexity index is 881. The van der Waals surface area contributed by atoms with Crippen LogP contribution in [0.1, 0.15) is 76.9 Å². The molecule has 5 rings (SSSR count). The van der Waals surface area contributed by atoms with Gasteiger partial charge in [0.05, 0.1) is 12.0 Å². The Morgan fingerprint density at radius 2 is 1.77 bits per heavy atom. The zero-order chi connectivity index (χ0) is 24.7. The van der Waals surface area contributed by atoms with Crippen molar-refractivity contribution < 1.29 is 18.1 Å². The molecule has 2 saturated heterocycles. The third-order valence-corrected chi connectivity index (χ3v) is 8.79. The van der Waals surface area contributed by atoms with Crippen LogP contribution in [-0.4, -0.2) is 101 Å². The smallest absolute Gasteiger partial charge is 0.317 e. The monoisotopic (exact) mass is 494 g/mol. The highest BCUT2D eigenvalue weighted by atomic mass is 19.1. The number of piperazine rings is 1. The summed E-state index contributed by atoms with van der Waals surface area (Å²) in [6.45, 7) is 11.4. The van der Waals surface area contributed by atoms with Crippen LogP contribution in [0.2, 0.25) is 0 Å². The molecule has 1 aromatic heterocycles. The van der Waals surface area contributed by atoms with E-state index >= 15 is 4.39 Å². The quantitative estimate of drug-likeness (QED) is 0.677. The lowest BCUT2D eigenvalue weighted by Crippen LogP contribution is -2.63. The van der Waals surface area contributed by atoms with Gasteiger partial charge in [-0.1, -0.05) is 12.1 Å². The molecule has 2 unspecified atom stereocenters. The number of rotatable bonds is 5. The zero-order valence-electron chi connectivity index (χ0n) is 21.3. The first kappa shape index (κ1) is 24.9. The number of nitrogens with zero attached hydrogens (tertiary/aromatic N) is 5. The standard InChI is InChI=1S/C25H40F2N6O2/c1-16(2)31-11-13-32(14-12-31)20-6-4-5-18(26)21(20)28-24(34)33-9-7-25(3,8-10-33)23-29-22(35-30-23)17-15-19(17)27/h16-21H,4-15H2,1-3H3,(H,28,34)/t17-,18+,19+,20?,21?/m1/s1. The van der Waals surface area contributed by atoms with Crippen LogP contribution in [0.3, 0.4) is 0 Å².